The zero-order valence-corrected chi connectivity index (χ0v) is 14.7. The average molecular weight is 365 g/mol. The van der Waals surface area contributed by atoms with Crippen LogP contribution in [0.25, 0.3) is 0 Å². The van der Waals surface area contributed by atoms with E-state index in [1.54, 1.807) is 55.6 Å². The van der Waals surface area contributed by atoms with Crippen molar-refractivity contribution in [1.82, 2.24) is 5.32 Å². The molecule has 0 aliphatic rings. The molecule has 0 saturated carbocycles. The Morgan fingerprint density at radius 2 is 1.52 bits per heavy atom. The predicted molar refractivity (Wildman–Crippen MR) is 97.8 cm³/mol. The number of benzene rings is 2. The second-order valence-corrected chi connectivity index (χ2v) is 5.49. The van der Waals surface area contributed by atoms with Crippen molar-refractivity contribution in [3.63, 3.8) is 0 Å². The maximum absolute atomic E-state index is 11.8. The molecule has 0 unspecified atom stereocenters. The molecular weight excluding hydrogens is 344 g/mol. The van der Waals surface area contributed by atoms with E-state index in [0.29, 0.717) is 42.8 Å². The number of urea groups is 1. The van der Waals surface area contributed by atoms with Gasteiger partial charge in [0.2, 0.25) is 0 Å². The topological polar surface area (TPSA) is 68.8 Å². The minimum Gasteiger partial charge on any atom is -0.492 e. The van der Waals surface area contributed by atoms with Crippen LogP contribution in [-0.4, -0.2) is 39.5 Å². The lowest BCUT2D eigenvalue weighted by Crippen LogP contribution is -2.32. The number of rotatable bonds is 9. The van der Waals surface area contributed by atoms with Crippen LogP contribution in [-0.2, 0) is 4.74 Å². The van der Waals surface area contributed by atoms with Crippen molar-refractivity contribution in [1.29, 1.82) is 0 Å². The largest absolute Gasteiger partial charge is 0.492 e. The molecule has 134 valence electrons. The Kier molecular flexibility index (Phi) is 7.88. The molecule has 0 spiro atoms. The number of carbonyl (C=O) groups is 1. The van der Waals surface area contributed by atoms with Crippen molar-refractivity contribution in [3.05, 3.63) is 53.6 Å². The third-order valence-electron chi connectivity index (χ3n) is 3.14. The number of halogens is 1. The summed E-state index contributed by atoms with van der Waals surface area (Å²) in [5, 5.41) is 6.11. The third-order valence-corrected chi connectivity index (χ3v) is 3.39. The first-order chi connectivity index (χ1) is 12.2. The van der Waals surface area contributed by atoms with E-state index in [-0.39, 0.29) is 6.03 Å². The van der Waals surface area contributed by atoms with Crippen LogP contribution in [0, 0.1) is 0 Å². The smallest absolute Gasteiger partial charge is 0.319 e. The van der Waals surface area contributed by atoms with Crippen molar-refractivity contribution < 1.29 is 19.0 Å². The molecule has 0 atom stereocenters. The predicted octanol–water partition coefficient (Wildman–Crippen LogP) is 3.57. The van der Waals surface area contributed by atoms with Gasteiger partial charge in [-0.3, -0.25) is 0 Å². The van der Waals surface area contributed by atoms with Crippen molar-refractivity contribution in [2.45, 2.75) is 0 Å². The quantitative estimate of drug-likeness (QED) is 0.667. The molecule has 0 aromatic heterocycles. The second-order valence-electron chi connectivity index (χ2n) is 5.05. The van der Waals surface area contributed by atoms with Crippen molar-refractivity contribution in [3.8, 4) is 11.5 Å². The summed E-state index contributed by atoms with van der Waals surface area (Å²) in [6.45, 7) is 1.76. The van der Waals surface area contributed by atoms with Gasteiger partial charge in [0.25, 0.3) is 0 Å². The molecular formula is C18H21ClN2O4. The van der Waals surface area contributed by atoms with E-state index in [1.807, 2.05) is 0 Å². The number of amides is 2. The van der Waals surface area contributed by atoms with Gasteiger partial charge >= 0.3 is 6.03 Å². The van der Waals surface area contributed by atoms with Gasteiger partial charge in [-0.2, -0.15) is 0 Å². The molecule has 2 rings (SSSR count). The number of ether oxygens (including phenoxy) is 3. The number of nitrogens with one attached hydrogen (secondary N) is 2. The van der Waals surface area contributed by atoms with Gasteiger partial charge in [-0.15, -0.1) is 0 Å². The number of methoxy groups -OCH3 is 1. The summed E-state index contributed by atoms with van der Waals surface area (Å²) in [5.74, 6) is 1.43. The molecule has 0 aliphatic heterocycles. The molecule has 0 bridgehead atoms. The van der Waals surface area contributed by atoms with Gasteiger partial charge in [0.15, 0.2) is 0 Å². The normalized spacial score (nSPS) is 10.2. The Bertz CT molecular complexity index is 647. The van der Waals surface area contributed by atoms with Crippen LogP contribution in [0.1, 0.15) is 0 Å². The Morgan fingerprint density at radius 1 is 0.920 bits per heavy atom. The zero-order valence-electron chi connectivity index (χ0n) is 14.0. The maximum Gasteiger partial charge on any atom is 0.319 e. The van der Waals surface area contributed by atoms with Gasteiger partial charge in [-0.25, -0.2) is 4.79 Å². The SMILES string of the molecule is COCCOc1ccc(NC(=O)NCCOc2ccc(Cl)cc2)cc1. The molecule has 0 fully saturated rings. The van der Waals surface area contributed by atoms with Gasteiger partial charge in [-0.1, -0.05) is 11.6 Å². The molecule has 0 saturated heterocycles. The van der Waals surface area contributed by atoms with Gasteiger partial charge in [0.05, 0.1) is 13.2 Å². The van der Waals surface area contributed by atoms with Gasteiger partial charge < -0.3 is 24.8 Å². The number of hydrogen-bond acceptors (Lipinski definition) is 4. The minimum atomic E-state index is -0.298. The first kappa shape index (κ1) is 18.9. The summed E-state index contributed by atoms with van der Waals surface area (Å²) in [7, 11) is 1.62. The molecule has 25 heavy (non-hydrogen) atoms. The monoisotopic (exact) mass is 364 g/mol. The second kappa shape index (κ2) is 10.4. The number of carbonyl (C=O) groups excluding carboxylic acids is 1. The van der Waals surface area contributed by atoms with E-state index in [0.717, 1.165) is 5.75 Å². The van der Waals surface area contributed by atoms with Crippen molar-refractivity contribution >= 4 is 23.3 Å². The Balaban J connectivity index is 1.65. The zero-order chi connectivity index (χ0) is 17.9. The summed E-state index contributed by atoms with van der Waals surface area (Å²) in [4.78, 5) is 11.8. The van der Waals surface area contributed by atoms with E-state index in [2.05, 4.69) is 10.6 Å². The fourth-order valence-electron chi connectivity index (χ4n) is 1.92. The molecule has 0 radical (unpaired) electrons. The molecule has 6 nitrogen and oxygen atoms in total. The molecule has 2 aromatic carbocycles. The first-order valence-corrected chi connectivity index (χ1v) is 8.20. The number of hydrogen-bond donors (Lipinski definition) is 2. The van der Waals surface area contributed by atoms with E-state index in [4.69, 9.17) is 25.8 Å². The van der Waals surface area contributed by atoms with Crippen LogP contribution in [0.15, 0.2) is 48.5 Å². The standard InChI is InChI=1S/C18H21ClN2O4/c1-23-12-13-25-17-8-4-15(5-9-17)21-18(22)20-10-11-24-16-6-2-14(19)3-7-16/h2-9H,10-13H2,1H3,(H2,20,21,22). The van der Waals surface area contributed by atoms with Crippen LogP contribution in [0.4, 0.5) is 10.5 Å². The first-order valence-electron chi connectivity index (χ1n) is 7.82. The van der Waals surface area contributed by atoms with Gasteiger partial charge in [-0.05, 0) is 48.5 Å². The Labute approximate surface area is 152 Å². The molecule has 0 heterocycles. The highest BCUT2D eigenvalue weighted by Gasteiger charge is 2.02. The summed E-state index contributed by atoms with van der Waals surface area (Å²) in [6.07, 6.45) is 0. The summed E-state index contributed by atoms with van der Waals surface area (Å²) < 4.78 is 15.9. The van der Waals surface area contributed by atoms with Crippen LogP contribution in [0.3, 0.4) is 0 Å². The van der Waals surface area contributed by atoms with Crippen LogP contribution >= 0.6 is 11.6 Å². The summed E-state index contributed by atoms with van der Waals surface area (Å²) in [6, 6.07) is 13.9. The fraction of sp³-hybridized carbons (Fsp3) is 0.278. The lowest BCUT2D eigenvalue weighted by molar-refractivity contribution is 0.146. The Morgan fingerprint density at radius 3 is 2.16 bits per heavy atom. The van der Waals surface area contributed by atoms with E-state index >= 15 is 0 Å². The highest BCUT2D eigenvalue weighted by molar-refractivity contribution is 6.30. The van der Waals surface area contributed by atoms with Crippen LogP contribution in [0.2, 0.25) is 5.02 Å². The summed E-state index contributed by atoms with van der Waals surface area (Å²) >= 11 is 5.80. The van der Waals surface area contributed by atoms with Crippen LogP contribution in [0.5, 0.6) is 11.5 Å². The number of anilines is 1. The molecule has 7 heteroatoms. The Hall–Kier alpha value is -2.44. The summed E-state index contributed by atoms with van der Waals surface area (Å²) in [5.41, 5.74) is 0.676. The molecule has 2 N–H and O–H groups in total. The van der Waals surface area contributed by atoms with Gasteiger partial charge in [0.1, 0.15) is 24.7 Å². The lowest BCUT2D eigenvalue weighted by atomic mass is 10.3. The van der Waals surface area contributed by atoms with Gasteiger partial charge in [0, 0.05) is 17.8 Å². The third kappa shape index (κ3) is 7.32. The fourth-order valence-corrected chi connectivity index (χ4v) is 2.04. The highest BCUT2D eigenvalue weighted by atomic mass is 35.5. The maximum atomic E-state index is 11.8. The molecule has 0 aliphatic carbocycles. The highest BCUT2D eigenvalue weighted by Crippen LogP contribution is 2.16. The molecule has 2 amide bonds. The van der Waals surface area contributed by atoms with E-state index in [9.17, 15) is 4.79 Å². The van der Waals surface area contributed by atoms with E-state index < -0.39 is 0 Å². The van der Waals surface area contributed by atoms with E-state index in [1.165, 1.54) is 0 Å². The minimum absolute atomic E-state index is 0.298. The lowest BCUT2D eigenvalue weighted by Gasteiger charge is -2.10. The average Bonchev–Trinajstić information content (AvgIpc) is 2.62. The van der Waals surface area contributed by atoms with Crippen LogP contribution < -0.4 is 20.1 Å². The van der Waals surface area contributed by atoms with Crippen molar-refractivity contribution in [2.24, 2.45) is 0 Å². The molecule has 2 aromatic rings. The van der Waals surface area contributed by atoms with Crippen molar-refractivity contribution in [2.75, 3.05) is 38.8 Å².